The Balaban J connectivity index is 1.06. The molecule has 2 unspecified atom stereocenters. The Morgan fingerprint density at radius 2 is 1.30 bits per heavy atom. The lowest BCUT2D eigenvalue weighted by Crippen LogP contribution is -2.67. The van der Waals surface area contributed by atoms with Crippen molar-refractivity contribution in [1.82, 2.24) is 0 Å². The minimum atomic E-state index is -0.264. The van der Waals surface area contributed by atoms with Gasteiger partial charge in [0.25, 0.3) is 0 Å². The molecule has 5 aliphatic rings. The van der Waals surface area contributed by atoms with E-state index < -0.39 is 0 Å². The van der Waals surface area contributed by atoms with Gasteiger partial charge in [-0.15, -0.1) is 0 Å². The first kappa shape index (κ1) is 40.4. The molecule has 2 aromatic carbocycles. The van der Waals surface area contributed by atoms with Crippen molar-refractivity contribution < 1.29 is 28.5 Å². The number of carbonyl (C=O) groups excluding carboxylic acids is 2. The molecule has 0 radical (unpaired) electrons. The van der Waals surface area contributed by atoms with Crippen molar-refractivity contribution in [2.45, 2.75) is 112 Å². The highest BCUT2D eigenvalue weighted by atomic mass is 16.5. The highest BCUT2D eigenvalue weighted by molar-refractivity contribution is 5.87. The number of fused-ring (bicyclic) bond motifs is 7. The van der Waals surface area contributed by atoms with E-state index in [4.69, 9.17) is 18.9 Å². The van der Waals surface area contributed by atoms with E-state index in [1.165, 1.54) is 31.3 Å². The van der Waals surface area contributed by atoms with Crippen LogP contribution < -0.4 is 9.47 Å². The first-order chi connectivity index (χ1) is 26.6. The van der Waals surface area contributed by atoms with Crippen molar-refractivity contribution in [1.29, 1.82) is 0 Å². The average molecular weight is 763 g/mol. The fourth-order valence-electron chi connectivity index (χ4n) is 13.9. The van der Waals surface area contributed by atoms with Gasteiger partial charge >= 0.3 is 11.9 Å². The highest BCUT2D eigenvalue weighted by Gasteiger charge is 2.71. The fourth-order valence-corrected chi connectivity index (χ4v) is 13.9. The minimum Gasteiger partial charge on any atom is -0.497 e. The van der Waals surface area contributed by atoms with Gasteiger partial charge in [-0.25, -0.2) is 9.59 Å². The first-order valence-corrected chi connectivity index (χ1v) is 21.3. The lowest BCUT2D eigenvalue weighted by Gasteiger charge is -2.73. The molecule has 0 saturated heterocycles. The smallest absolute Gasteiger partial charge is 0.331 e. The summed E-state index contributed by atoms with van der Waals surface area (Å²) in [6.45, 7) is 19.9. The van der Waals surface area contributed by atoms with Crippen LogP contribution in [0.5, 0.6) is 11.5 Å². The number of benzene rings is 2. The predicted octanol–water partition coefficient (Wildman–Crippen LogP) is 11.5. The van der Waals surface area contributed by atoms with E-state index in [0.29, 0.717) is 36.2 Å². The molecule has 0 heterocycles. The quantitative estimate of drug-likeness (QED) is 0.136. The molecule has 0 amide bonds. The summed E-state index contributed by atoms with van der Waals surface area (Å²) in [7, 11) is 3.31. The minimum absolute atomic E-state index is 0.00649. The molecule has 7 rings (SSSR count). The third-order valence-electron chi connectivity index (χ3n) is 17.0. The van der Waals surface area contributed by atoms with E-state index in [1.807, 2.05) is 60.7 Å². The summed E-state index contributed by atoms with van der Waals surface area (Å²) in [6.07, 6.45) is 18.0. The zero-order valence-corrected chi connectivity index (χ0v) is 35.3. The van der Waals surface area contributed by atoms with Gasteiger partial charge in [-0.1, -0.05) is 71.0 Å². The molecule has 5 fully saturated rings. The van der Waals surface area contributed by atoms with Gasteiger partial charge in [0.1, 0.15) is 17.6 Å². The first-order valence-electron chi connectivity index (χ1n) is 21.3. The maximum absolute atomic E-state index is 13.2. The van der Waals surface area contributed by atoms with E-state index >= 15 is 0 Å². The molecule has 5 saturated carbocycles. The molecular formula is C50H66O6. The van der Waals surface area contributed by atoms with Gasteiger partial charge in [-0.05, 0) is 165 Å². The number of esters is 2. The standard InChI is InChI=1S/C50H66O6/c1-33(2)38-24-29-50(32-55-43(51)22-14-34-10-16-36(53-8)17-11-34)31-30-48(6)39(45(38)50)20-21-41-47(5)27-26-42(46(3,4)40(47)25-28-49(41,48)7)56-44(52)23-15-35-12-18-37(54-9)19-13-35/h10-19,22-23,38-42,45H,1,20-21,24-32H2,2-9H3/t38-,39?,40?,41+,42-,45-,47-,48+,49+,50+/m0/s1. The molecule has 302 valence electrons. The lowest BCUT2D eigenvalue weighted by atomic mass is 9.32. The maximum Gasteiger partial charge on any atom is 0.331 e. The topological polar surface area (TPSA) is 71.1 Å². The maximum atomic E-state index is 13.2. The Labute approximate surface area is 336 Å². The Morgan fingerprint density at radius 1 is 0.696 bits per heavy atom. The van der Waals surface area contributed by atoms with Crippen LogP contribution in [0.3, 0.4) is 0 Å². The van der Waals surface area contributed by atoms with E-state index in [9.17, 15) is 9.59 Å². The third kappa shape index (κ3) is 6.85. The van der Waals surface area contributed by atoms with Gasteiger partial charge < -0.3 is 18.9 Å². The molecule has 0 aromatic heterocycles. The molecular weight excluding hydrogens is 697 g/mol. The van der Waals surface area contributed by atoms with Gasteiger partial charge in [-0.3, -0.25) is 0 Å². The van der Waals surface area contributed by atoms with Crippen molar-refractivity contribution in [2.75, 3.05) is 20.8 Å². The van der Waals surface area contributed by atoms with Gasteiger partial charge in [0.15, 0.2) is 0 Å². The van der Waals surface area contributed by atoms with Gasteiger partial charge in [-0.2, -0.15) is 0 Å². The largest absolute Gasteiger partial charge is 0.497 e. The highest BCUT2D eigenvalue weighted by Crippen LogP contribution is 2.77. The molecule has 0 bridgehead atoms. The Hall–Kier alpha value is -3.80. The van der Waals surface area contributed by atoms with Crippen LogP contribution in [0, 0.1) is 56.7 Å². The fraction of sp³-hybridized carbons (Fsp3) is 0.600. The van der Waals surface area contributed by atoms with E-state index in [2.05, 4.69) is 48.1 Å². The van der Waals surface area contributed by atoms with Crippen LogP contribution in [-0.2, 0) is 19.1 Å². The number of allylic oxidation sites excluding steroid dienone is 1. The zero-order valence-electron chi connectivity index (χ0n) is 35.3. The molecule has 6 heteroatoms. The van der Waals surface area contributed by atoms with Crippen LogP contribution in [0.1, 0.15) is 117 Å². The number of rotatable bonds is 10. The zero-order chi connectivity index (χ0) is 40.1. The van der Waals surface area contributed by atoms with Gasteiger partial charge in [0.2, 0.25) is 0 Å². The lowest BCUT2D eigenvalue weighted by molar-refractivity contribution is -0.251. The third-order valence-corrected chi connectivity index (χ3v) is 17.0. The molecule has 2 aromatic rings. The molecule has 0 N–H and O–H groups in total. The van der Waals surface area contributed by atoms with Crippen LogP contribution in [-0.4, -0.2) is 38.9 Å². The van der Waals surface area contributed by atoms with Crippen LogP contribution in [0.4, 0.5) is 0 Å². The Bertz CT molecular complexity index is 1840. The summed E-state index contributed by atoms with van der Waals surface area (Å²) < 4.78 is 23.1. The number of carbonyl (C=O) groups is 2. The average Bonchev–Trinajstić information content (AvgIpc) is 3.57. The SMILES string of the molecule is C=C(C)[C@@H]1CC[C@]2(COC(=O)C=Cc3ccc(OC)cc3)CC[C@]3(C)C(CC[C@@H]4[C@@]5(C)CC[C@H](OC(=O)C=Cc6ccc(OC)cc6)C(C)(C)C5CC[C@]43C)[C@H]12. The van der Waals surface area contributed by atoms with Crippen LogP contribution in [0.25, 0.3) is 12.2 Å². The normalized spacial score (nSPS) is 37.1. The number of ether oxygens (including phenoxy) is 4. The number of methoxy groups -OCH3 is 2. The van der Waals surface area contributed by atoms with Crippen LogP contribution in [0.2, 0.25) is 0 Å². The summed E-state index contributed by atoms with van der Waals surface area (Å²) in [5.74, 6) is 3.65. The molecule has 56 heavy (non-hydrogen) atoms. The monoisotopic (exact) mass is 762 g/mol. The van der Waals surface area contributed by atoms with Crippen molar-refractivity contribution >= 4 is 24.1 Å². The summed E-state index contributed by atoms with van der Waals surface area (Å²) in [6, 6.07) is 15.4. The van der Waals surface area contributed by atoms with E-state index in [-0.39, 0.29) is 45.1 Å². The predicted molar refractivity (Wildman–Crippen MR) is 224 cm³/mol. The van der Waals surface area contributed by atoms with Crippen molar-refractivity contribution in [3.8, 4) is 11.5 Å². The van der Waals surface area contributed by atoms with Crippen molar-refractivity contribution in [3.05, 3.63) is 84.0 Å². The summed E-state index contributed by atoms with van der Waals surface area (Å²) >= 11 is 0. The Kier molecular flexibility index (Phi) is 10.9. The van der Waals surface area contributed by atoms with Crippen LogP contribution in [0.15, 0.2) is 72.8 Å². The van der Waals surface area contributed by atoms with Crippen molar-refractivity contribution in [3.63, 3.8) is 0 Å². The summed E-state index contributed by atoms with van der Waals surface area (Å²) in [5, 5.41) is 0. The molecule has 5 aliphatic carbocycles. The van der Waals surface area contributed by atoms with Gasteiger partial charge in [0, 0.05) is 23.0 Å². The summed E-state index contributed by atoms with van der Waals surface area (Å²) in [5.41, 5.74) is 3.62. The number of hydrogen-bond acceptors (Lipinski definition) is 6. The number of hydrogen-bond donors (Lipinski definition) is 0. The molecule has 0 aliphatic heterocycles. The second kappa shape index (κ2) is 15.2. The molecule has 6 nitrogen and oxygen atoms in total. The summed E-state index contributed by atoms with van der Waals surface area (Å²) in [4.78, 5) is 26.4. The second-order valence-corrected chi connectivity index (χ2v) is 19.7. The molecule has 0 spiro atoms. The molecule has 10 atom stereocenters. The van der Waals surface area contributed by atoms with Crippen LogP contribution >= 0.6 is 0 Å². The Morgan fingerprint density at radius 3 is 1.89 bits per heavy atom. The van der Waals surface area contributed by atoms with Crippen molar-refractivity contribution in [2.24, 2.45) is 56.7 Å². The van der Waals surface area contributed by atoms with E-state index in [0.717, 1.165) is 61.2 Å². The van der Waals surface area contributed by atoms with Gasteiger partial charge in [0.05, 0.1) is 20.8 Å². The van der Waals surface area contributed by atoms with E-state index in [1.54, 1.807) is 26.4 Å². The second-order valence-electron chi connectivity index (χ2n) is 19.7.